The first-order valence-corrected chi connectivity index (χ1v) is 9.49. The number of benzene rings is 2. The number of rotatable bonds is 2. The van der Waals surface area contributed by atoms with Gasteiger partial charge in [-0.05, 0) is 57.0 Å². The topological polar surface area (TPSA) is 93.2 Å². The van der Waals surface area contributed by atoms with Crippen molar-refractivity contribution in [3.05, 3.63) is 64.7 Å². The molecule has 2 aliphatic rings. The number of amides is 3. The van der Waals surface area contributed by atoms with Crippen molar-refractivity contribution in [1.29, 1.82) is 0 Å². The van der Waals surface area contributed by atoms with E-state index in [4.69, 9.17) is 9.57 Å². The van der Waals surface area contributed by atoms with E-state index in [0.29, 0.717) is 23.7 Å². The van der Waals surface area contributed by atoms with E-state index in [1.807, 2.05) is 0 Å². The van der Waals surface area contributed by atoms with Crippen molar-refractivity contribution >= 4 is 29.6 Å². The highest BCUT2D eigenvalue weighted by molar-refractivity contribution is 6.21. The Labute approximate surface area is 172 Å². The normalized spacial score (nSPS) is 15.2. The van der Waals surface area contributed by atoms with Crippen LogP contribution < -0.4 is 4.90 Å². The van der Waals surface area contributed by atoms with Crippen molar-refractivity contribution in [2.75, 3.05) is 11.4 Å². The van der Waals surface area contributed by atoms with Crippen molar-refractivity contribution in [2.45, 2.75) is 32.8 Å². The van der Waals surface area contributed by atoms with Gasteiger partial charge in [-0.15, -0.1) is 0 Å². The fourth-order valence-electron chi connectivity index (χ4n) is 3.40. The number of hydrogen-bond acceptors (Lipinski definition) is 6. The number of fused-ring (bicyclic) bond motifs is 2. The molecule has 0 radical (unpaired) electrons. The van der Waals surface area contributed by atoms with Crippen LogP contribution in [0.3, 0.4) is 0 Å². The van der Waals surface area contributed by atoms with E-state index in [2.05, 4.69) is 0 Å². The number of hydrogen-bond donors (Lipinski definition) is 0. The van der Waals surface area contributed by atoms with Gasteiger partial charge in [0, 0.05) is 6.54 Å². The van der Waals surface area contributed by atoms with Crippen LogP contribution in [0.1, 0.15) is 57.4 Å². The van der Waals surface area contributed by atoms with Gasteiger partial charge in [0.15, 0.2) is 0 Å². The molecular weight excluding hydrogens is 388 g/mol. The van der Waals surface area contributed by atoms with Crippen molar-refractivity contribution in [3.63, 3.8) is 0 Å². The standard InChI is InChI=1S/C22H20N2O6/c1-22(2,3)29-21(28)23-11-10-13-8-9-14(12-17(13)23)20(27)30-24-18(25)15-6-4-5-7-16(15)19(24)26/h4-9,12H,10-11H2,1-3H3. The van der Waals surface area contributed by atoms with Crippen molar-refractivity contribution in [3.8, 4) is 0 Å². The molecule has 2 aromatic carbocycles. The van der Waals surface area contributed by atoms with Gasteiger partial charge < -0.3 is 9.57 Å². The second-order valence-electron chi connectivity index (χ2n) is 8.05. The van der Waals surface area contributed by atoms with Crippen molar-refractivity contribution < 1.29 is 28.8 Å². The molecule has 0 bridgehead atoms. The largest absolute Gasteiger partial charge is 0.443 e. The van der Waals surface area contributed by atoms with Crippen LogP contribution in [0.5, 0.6) is 0 Å². The van der Waals surface area contributed by atoms with Crippen LogP contribution in [0.25, 0.3) is 0 Å². The van der Waals surface area contributed by atoms with E-state index in [-0.39, 0.29) is 16.7 Å². The number of carbonyl (C=O) groups is 4. The maximum Gasteiger partial charge on any atom is 0.414 e. The minimum atomic E-state index is -0.872. The van der Waals surface area contributed by atoms with Crippen LogP contribution in [0, 0.1) is 0 Å². The average molecular weight is 408 g/mol. The molecule has 8 heteroatoms. The summed E-state index contributed by atoms with van der Waals surface area (Å²) in [5.41, 5.74) is 1.25. The summed E-state index contributed by atoms with van der Waals surface area (Å²) in [4.78, 5) is 56.5. The molecule has 30 heavy (non-hydrogen) atoms. The molecule has 3 amide bonds. The van der Waals surface area contributed by atoms with Crippen molar-refractivity contribution in [1.82, 2.24) is 5.06 Å². The number of ether oxygens (including phenoxy) is 1. The monoisotopic (exact) mass is 408 g/mol. The van der Waals surface area contributed by atoms with Gasteiger partial charge in [-0.25, -0.2) is 9.59 Å². The third-order valence-electron chi connectivity index (χ3n) is 4.76. The molecule has 0 unspecified atom stereocenters. The Morgan fingerprint density at radius 2 is 1.60 bits per heavy atom. The average Bonchev–Trinajstić information content (AvgIpc) is 3.22. The Balaban J connectivity index is 1.54. The van der Waals surface area contributed by atoms with Gasteiger partial charge in [-0.1, -0.05) is 23.3 Å². The first-order valence-electron chi connectivity index (χ1n) is 9.49. The van der Waals surface area contributed by atoms with Crippen LogP contribution >= 0.6 is 0 Å². The molecule has 0 saturated heterocycles. The highest BCUT2D eigenvalue weighted by Crippen LogP contribution is 2.31. The molecule has 0 spiro atoms. The smallest absolute Gasteiger partial charge is 0.414 e. The summed E-state index contributed by atoms with van der Waals surface area (Å²) in [5, 5.41) is 0.464. The van der Waals surface area contributed by atoms with Crippen LogP contribution in [-0.4, -0.2) is 41.1 Å². The van der Waals surface area contributed by atoms with Crippen LogP contribution in [-0.2, 0) is 16.0 Å². The molecule has 0 atom stereocenters. The quantitative estimate of drug-likeness (QED) is 0.708. The van der Waals surface area contributed by atoms with Gasteiger partial charge >= 0.3 is 12.1 Å². The summed E-state index contributed by atoms with van der Waals surface area (Å²) in [7, 11) is 0. The zero-order valence-electron chi connectivity index (χ0n) is 16.8. The summed E-state index contributed by atoms with van der Waals surface area (Å²) in [6.45, 7) is 5.76. The van der Waals surface area contributed by atoms with E-state index in [1.165, 1.54) is 29.2 Å². The molecule has 0 N–H and O–H groups in total. The lowest BCUT2D eigenvalue weighted by atomic mass is 10.1. The molecule has 2 aliphatic heterocycles. The Bertz CT molecular complexity index is 1050. The summed E-state index contributed by atoms with van der Waals surface area (Å²) >= 11 is 0. The van der Waals surface area contributed by atoms with E-state index in [0.717, 1.165) is 5.56 Å². The van der Waals surface area contributed by atoms with E-state index in [9.17, 15) is 19.2 Å². The number of nitrogens with zero attached hydrogens (tertiary/aromatic N) is 2. The predicted molar refractivity (Wildman–Crippen MR) is 106 cm³/mol. The Morgan fingerprint density at radius 3 is 2.20 bits per heavy atom. The van der Waals surface area contributed by atoms with Gasteiger partial charge in [-0.2, -0.15) is 0 Å². The molecule has 154 valence electrons. The highest BCUT2D eigenvalue weighted by Gasteiger charge is 2.39. The number of imide groups is 1. The maximum atomic E-state index is 12.6. The van der Waals surface area contributed by atoms with Crippen LogP contribution in [0.4, 0.5) is 10.5 Å². The number of carbonyl (C=O) groups excluding carboxylic acids is 4. The van der Waals surface area contributed by atoms with E-state index >= 15 is 0 Å². The summed E-state index contributed by atoms with van der Waals surface area (Å²) in [5.74, 6) is -2.26. The van der Waals surface area contributed by atoms with Crippen LogP contribution in [0.15, 0.2) is 42.5 Å². The molecule has 0 fully saturated rings. The van der Waals surface area contributed by atoms with E-state index < -0.39 is 29.5 Å². The lowest BCUT2D eigenvalue weighted by molar-refractivity contribution is -0.0584. The Hall–Kier alpha value is -3.68. The third kappa shape index (κ3) is 3.41. The first kappa shape index (κ1) is 19.6. The molecular formula is C22H20N2O6. The zero-order valence-corrected chi connectivity index (χ0v) is 16.8. The molecule has 0 aliphatic carbocycles. The lowest BCUT2D eigenvalue weighted by Crippen LogP contribution is -2.36. The molecule has 2 heterocycles. The fourth-order valence-corrected chi connectivity index (χ4v) is 3.40. The minimum Gasteiger partial charge on any atom is -0.443 e. The van der Waals surface area contributed by atoms with Crippen LogP contribution in [0.2, 0.25) is 0 Å². The minimum absolute atomic E-state index is 0.112. The van der Waals surface area contributed by atoms with Gasteiger partial charge in [-0.3, -0.25) is 14.5 Å². The second-order valence-corrected chi connectivity index (χ2v) is 8.05. The first-order chi connectivity index (χ1) is 14.2. The molecule has 0 saturated carbocycles. The lowest BCUT2D eigenvalue weighted by Gasteiger charge is -2.25. The highest BCUT2D eigenvalue weighted by atomic mass is 16.7. The molecule has 0 aromatic heterocycles. The predicted octanol–water partition coefficient (Wildman–Crippen LogP) is 3.35. The Morgan fingerprint density at radius 1 is 0.967 bits per heavy atom. The van der Waals surface area contributed by atoms with Gasteiger partial charge in [0.25, 0.3) is 11.8 Å². The summed E-state index contributed by atoms with van der Waals surface area (Å²) in [6.07, 6.45) is 0.120. The molecule has 2 aromatic rings. The van der Waals surface area contributed by atoms with Crippen molar-refractivity contribution in [2.24, 2.45) is 0 Å². The fraction of sp³-hybridized carbons (Fsp3) is 0.273. The SMILES string of the molecule is CC(C)(C)OC(=O)N1CCc2ccc(C(=O)ON3C(=O)c4ccccc4C3=O)cc21. The number of anilines is 1. The van der Waals surface area contributed by atoms with Gasteiger partial charge in [0.1, 0.15) is 5.60 Å². The van der Waals surface area contributed by atoms with Gasteiger partial charge in [0.05, 0.1) is 22.4 Å². The molecule has 8 nitrogen and oxygen atoms in total. The second kappa shape index (κ2) is 6.98. The molecule has 4 rings (SSSR count). The summed E-state index contributed by atoms with van der Waals surface area (Å²) < 4.78 is 5.42. The van der Waals surface area contributed by atoms with Gasteiger partial charge in [0.2, 0.25) is 0 Å². The zero-order chi connectivity index (χ0) is 21.6. The maximum absolute atomic E-state index is 12.6. The van der Waals surface area contributed by atoms with E-state index in [1.54, 1.807) is 39.0 Å². The Kier molecular flexibility index (Phi) is 4.57. The number of hydroxylamine groups is 2. The third-order valence-corrected chi connectivity index (χ3v) is 4.76. The summed E-state index contributed by atoms with van der Waals surface area (Å²) in [6, 6.07) is 11.0.